The molecule has 0 aliphatic heterocycles. The van der Waals surface area contributed by atoms with Crippen molar-refractivity contribution in [3.8, 4) is 0 Å². The van der Waals surface area contributed by atoms with Crippen LogP contribution in [-0.4, -0.2) is 11.3 Å². The van der Waals surface area contributed by atoms with Crippen molar-refractivity contribution < 1.29 is 4.79 Å². The van der Waals surface area contributed by atoms with Crippen molar-refractivity contribution in [2.45, 2.75) is 0 Å². The third kappa shape index (κ3) is 1.40. The van der Waals surface area contributed by atoms with Gasteiger partial charge in [0.15, 0.2) is 0 Å². The van der Waals surface area contributed by atoms with Crippen LogP contribution in [0.15, 0.2) is 30.6 Å². The Morgan fingerprint density at radius 3 is 3.00 bits per heavy atom. The van der Waals surface area contributed by atoms with Crippen LogP contribution in [0.25, 0.3) is 10.8 Å². The monoisotopic (exact) mass is 191 g/mol. The zero-order valence-electron chi connectivity index (χ0n) is 6.70. The average Bonchev–Trinajstić information content (AvgIpc) is 2.18. The highest BCUT2D eigenvalue weighted by atomic mass is 35.5. The highest BCUT2D eigenvalue weighted by Gasteiger charge is 2.00. The predicted molar refractivity (Wildman–Crippen MR) is 52.1 cm³/mol. The van der Waals surface area contributed by atoms with E-state index in [1.165, 1.54) is 0 Å². The van der Waals surface area contributed by atoms with Gasteiger partial charge in [-0.1, -0.05) is 11.6 Å². The summed E-state index contributed by atoms with van der Waals surface area (Å²) in [5, 5.41) is 2.37. The fourth-order valence-corrected chi connectivity index (χ4v) is 1.53. The van der Waals surface area contributed by atoms with Crippen LogP contribution in [-0.2, 0) is 0 Å². The lowest BCUT2D eigenvalue weighted by Gasteiger charge is -1.99. The number of carbonyl (C=O) groups excluding carboxylic acids is 1. The molecule has 1 aromatic heterocycles. The van der Waals surface area contributed by atoms with E-state index in [4.69, 9.17) is 11.6 Å². The summed E-state index contributed by atoms with van der Waals surface area (Å²) in [6.07, 6.45) is 4.14. The maximum Gasteiger partial charge on any atom is 0.150 e. The van der Waals surface area contributed by atoms with Crippen LogP contribution in [0.5, 0.6) is 0 Å². The minimum Gasteiger partial charge on any atom is -0.298 e. The Morgan fingerprint density at radius 1 is 1.38 bits per heavy atom. The van der Waals surface area contributed by atoms with E-state index in [0.29, 0.717) is 10.6 Å². The number of pyridine rings is 1. The summed E-state index contributed by atoms with van der Waals surface area (Å²) in [5.74, 6) is 0. The number of carbonyl (C=O) groups is 1. The molecule has 0 unspecified atom stereocenters. The normalized spacial score (nSPS) is 10.2. The van der Waals surface area contributed by atoms with Crippen LogP contribution < -0.4 is 0 Å². The quantitative estimate of drug-likeness (QED) is 0.649. The molecule has 0 radical (unpaired) electrons. The molecule has 0 amide bonds. The SMILES string of the molecule is O=Cc1cc(Cl)c2cnccc2c1. The Morgan fingerprint density at radius 2 is 2.23 bits per heavy atom. The Balaban J connectivity index is 2.84. The molecule has 1 aromatic carbocycles. The van der Waals surface area contributed by atoms with Gasteiger partial charge in [-0.15, -0.1) is 0 Å². The Bertz CT molecular complexity index is 467. The van der Waals surface area contributed by atoms with Crippen LogP contribution in [0.1, 0.15) is 10.4 Å². The minimum absolute atomic E-state index is 0.563. The van der Waals surface area contributed by atoms with Gasteiger partial charge in [-0.05, 0) is 23.6 Å². The van der Waals surface area contributed by atoms with Gasteiger partial charge < -0.3 is 0 Å². The van der Waals surface area contributed by atoms with Crippen molar-refractivity contribution in [1.29, 1.82) is 0 Å². The fraction of sp³-hybridized carbons (Fsp3) is 0. The van der Waals surface area contributed by atoms with E-state index >= 15 is 0 Å². The molecule has 2 aromatic rings. The summed E-state index contributed by atoms with van der Waals surface area (Å²) in [4.78, 5) is 14.5. The van der Waals surface area contributed by atoms with Crippen molar-refractivity contribution in [3.63, 3.8) is 0 Å². The molecule has 13 heavy (non-hydrogen) atoms. The molecule has 0 fully saturated rings. The maximum atomic E-state index is 10.5. The smallest absolute Gasteiger partial charge is 0.150 e. The predicted octanol–water partition coefficient (Wildman–Crippen LogP) is 2.70. The average molecular weight is 192 g/mol. The molecule has 2 nitrogen and oxygen atoms in total. The molecule has 0 atom stereocenters. The molecule has 0 saturated carbocycles. The van der Waals surface area contributed by atoms with E-state index in [1.807, 2.05) is 6.07 Å². The van der Waals surface area contributed by atoms with Crippen molar-refractivity contribution >= 4 is 28.7 Å². The van der Waals surface area contributed by atoms with Crippen LogP contribution in [0.4, 0.5) is 0 Å². The van der Waals surface area contributed by atoms with Crippen LogP contribution in [0.2, 0.25) is 5.02 Å². The number of aldehydes is 1. The van der Waals surface area contributed by atoms with E-state index in [1.54, 1.807) is 24.5 Å². The molecule has 0 spiro atoms. The van der Waals surface area contributed by atoms with Crippen LogP contribution in [0.3, 0.4) is 0 Å². The first-order valence-electron chi connectivity index (χ1n) is 3.80. The molecule has 3 heteroatoms. The number of hydrogen-bond donors (Lipinski definition) is 0. The largest absolute Gasteiger partial charge is 0.298 e. The Kier molecular flexibility index (Phi) is 1.99. The van der Waals surface area contributed by atoms with Gasteiger partial charge in [-0.3, -0.25) is 9.78 Å². The van der Waals surface area contributed by atoms with Crippen molar-refractivity contribution in [3.05, 3.63) is 41.2 Å². The number of nitrogens with zero attached hydrogens (tertiary/aromatic N) is 1. The second kappa shape index (κ2) is 3.15. The van der Waals surface area contributed by atoms with Crippen molar-refractivity contribution in [1.82, 2.24) is 4.98 Å². The van der Waals surface area contributed by atoms with E-state index in [9.17, 15) is 4.79 Å². The van der Waals surface area contributed by atoms with E-state index in [-0.39, 0.29) is 0 Å². The van der Waals surface area contributed by atoms with Crippen molar-refractivity contribution in [2.75, 3.05) is 0 Å². The molecule has 1 heterocycles. The zero-order valence-corrected chi connectivity index (χ0v) is 7.45. The van der Waals surface area contributed by atoms with Gasteiger partial charge in [0.1, 0.15) is 6.29 Å². The summed E-state index contributed by atoms with van der Waals surface area (Å²) in [7, 11) is 0. The second-order valence-electron chi connectivity index (χ2n) is 2.72. The first-order chi connectivity index (χ1) is 6.31. The number of rotatable bonds is 1. The number of aromatic nitrogens is 1. The molecule has 0 aliphatic rings. The summed E-state index contributed by atoms with van der Waals surface area (Å²) in [6.45, 7) is 0. The highest BCUT2D eigenvalue weighted by molar-refractivity contribution is 6.35. The maximum absolute atomic E-state index is 10.5. The molecule has 0 saturated heterocycles. The fourth-order valence-electron chi connectivity index (χ4n) is 1.24. The van der Waals surface area contributed by atoms with E-state index < -0.39 is 0 Å². The number of halogens is 1. The van der Waals surface area contributed by atoms with E-state index in [2.05, 4.69) is 4.98 Å². The molecule has 0 aliphatic carbocycles. The molecular weight excluding hydrogens is 186 g/mol. The molecule has 2 rings (SSSR count). The van der Waals surface area contributed by atoms with Gasteiger partial charge in [0.05, 0.1) is 5.02 Å². The van der Waals surface area contributed by atoms with Gasteiger partial charge in [-0.2, -0.15) is 0 Å². The molecule has 0 bridgehead atoms. The highest BCUT2D eigenvalue weighted by Crippen LogP contribution is 2.23. The Hall–Kier alpha value is -1.41. The molecule has 64 valence electrons. The van der Waals surface area contributed by atoms with Crippen LogP contribution >= 0.6 is 11.6 Å². The number of benzene rings is 1. The lowest BCUT2D eigenvalue weighted by Crippen LogP contribution is -1.82. The first-order valence-corrected chi connectivity index (χ1v) is 4.17. The topological polar surface area (TPSA) is 30.0 Å². The Labute approximate surface area is 80.2 Å². The number of hydrogen-bond acceptors (Lipinski definition) is 2. The lowest BCUT2D eigenvalue weighted by atomic mass is 10.1. The van der Waals surface area contributed by atoms with Gasteiger partial charge in [0, 0.05) is 23.3 Å². The summed E-state index contributed by atoms with van der Waals surface area (Å²) < 4.78 is 0. The minimum atomic E-state index is 0.563. The van der Waals surface area contributed by atoms with Gasteiger partial charge in [0.25, 0.3) is 0 Å². The lowest BCUT2D eigenvalue weighted by molar-refractivity contribution is 0.112. The number of fused-ring (bicyclic) bond motifs is 1. The third-order valence-corrected chi connectivity index (χ3v) is 2.18. The molecular formula is C10H6ClNO. The summed E-state index contributed by atoms with van der Waals surface area (Å²) >= 11 is 5.94. The van der Waals surface area contributed by atoms with Gasteiger partial charge in [-0.25, -0.2) is 0 Å². The standard InChI is InChI=1S/C10H6ClNO/c11-10-4-7(6-13)3-8-1-2-12-5-9(8)10/h1-6H. The molecule has 0 N–H and O–H groups in total. The van der Waals surface area contributed by atoms with Gasteiger partial charge in [0.2, 0.25) is 0 Å². The first kappa shape index (κ1) is 8.20. The summed E-state index contributed by atoms with van der Waals surface area (Å²) in [5.41, 5.74) is 0.587. The van der Waals surface area contributed by atoms with Crippen molar-refractivity contribution in [2.24, 2.45) is 0 Å². The van der Waals surface area contributed by atoms with E-state index in [0.717, 1.165) is 17.1 Å². The zero-order chi connectivity index (χ0) is 9.26. The van der Waals surface area contributed by atoms with Gasteiger partial charge >= 0.3 is 0 Å². The summed E-state index contributed by atoms with van der Waals surface area (Å²) in [6, 6.07) is 5.25. The second-order valence-corrected chi connectivity index (χ2v) is 3.12. The van der Waals surface area contributed by atoms with Crippen LogP contribution in [0, 0.1) is 0 Å². The third-order valence-electron chi connectivity index (χ3n) is 1.86.